The molecule has 22 heavy (non-hydrogen) atoms. The molecule has 1 aromatic carbocycles. The Hall–Kier alpha value is -1.32. The minimum atomic E-state index is -0.511. The number of nitrogens with zero attached hydrogens (tertiary/aromatic N) is 1. The molecule has 0 aliphatic carbocycles. The van der Waals surface area contributed by atoms with E-state index < -0.39 is 6.10 Å². The summed E-state index contributed by atoms with van der Waals surface area (Å²) in [6.45, 7) is 0.759. The second-order valence-corrected chi connectivity index (χ2v) is 6.11. The van der Waals surface area contributed by atoms with Crippen molar-refractivity contribution in [2.45, 2.75) is 44.2 Å². The van der Waals surface area contributed by atoms with Crippen molar-refractivity contribution in [2.24, 2.45) is 0 Å². The molecule has 1 aliphatic rings. The molecule has 2 atom stereocenters. The number of alkyl halides is 1. The van der Waals surface area contributed by atoms with E-state index in [2.05, 4.69) is 0 Å². The monoisotopic (exact) mass is 321 g/mol. The van der Waals surface area contributed by atoms with E-state index in [1.54, 1.807) is 0 Å². The van der Waals surface area contributed by atoms with Crippen molar-refractivity contribution in [2.75, 3.05) is 12.4 Å². The SMILES string of the molecule is O=C1CC[C@H](C=CC(O)Cc2ccccc2)N1CCCCCl. The zero-order valence-electron chi connectivity index (χ0n) is 12.8. The molecule has 1 unspecified atom stereocenters. The number of hydrogen-bond donors (Lipinski definition) is 1. The topological polar surface area (TPSA) is 40.5 Å². The number of halogens is 1. The van der Waals surface area contributed by atoms with E-state index in [9.17, 15) is 9.90 Å². The van der Waals surface area contributed by atoms with Crippen LogP contribution in [0.5, 0.6) is 0 Å². The van der Waals surface area contributed by atoms with Crippen molar-refractivity contribution >= 4 is 17.5 Å². The molecular formula is C18H24ClNO2. The molecule has 4 heteroatoms. The summed E-state index contributed by atoms with van der Waals surface area (Å²) >= 11 is 5.69. The van der Waals surface area contributed by atoms with Gasteiger partial charge >= 0.3 is 0 Å². The van der Waals surface area contributed by atoms with Gasteiger partial charge in [-0.25, -0.2) is 0 Å². The van der Waals surface area contributed by atoms with Gasteiger partial charge in [-0.3, -0.25) is 4.79 Å². The smallest absolute Gasteiger partial charge is 0.223 e. The lowest BCUT2D eigenvalue weighted by molar-refractivity contribution is -0.128. The largest absolute Gasteiger partial charge is 0.389 e. The van der Waals surface area contributed by atoms with Crippen molar-refractivity contribution in [1.82, 2.24) is 4.90 Å². The first kappa shape index (κ1) is 17.0. The van der Waals surface area contributed by atoms with Gasteiger partial charge in [0.1, 0.15) is 0 Å². The summed E-state index contributed by atoms with van der Waals surface area (Å²) in [7, 11) is 0. The number of benzene rings is 1. The highest BCUT2D eigenvalue weighted by Gasteiger charge is 2.28. The van der Waals surface area contributed by atoms with Crippen molar-refractivity contribution in [3.05, 3.63) is 48.0 Å². The van der Waals surface area contributed by atoms with Gasteiger partial charge in [0.25, 0.3) is 0 Å². The lowest BCUT2D eigenvalue weighted by Crippen LogP contribution is -2.32. The quantitative estimate of drug-likeness (QED) is 0.454. The lowest BCUT2D eigenvalue weighted by Gasteiger charge is -2.22. The third-order valence-corrected chi connectivity index (χ3v) is 4.27. The number of amides is 1. The van der Waals surface area contributed by atoms with Gasteiger partial charge in [0.2, 0.25) is 5.91 Å². The van der Waals surface area contributed by atoms with Crippen LogP contribution in [0.1, 0.15) is 31.2 Å². The predicted octanol–water partition coefficient (Wildman–Crippen LogP) is 3.16. The summed E-state index contributed by atoms with van der Waals surface area (Å²) < 4.78 is 0. The van der Waals surface area contributed by atoms with Crippen LogP contribution in [0.4, 0.5) is 0 Å². The first-order valence-electron chi connectivity index (χ1n) is 7.96. The van der Waals surface area contributed by atoms with Crippen LogP contribution < -0.4 is 0 Å². The molecule has 0 bridgehead atoms. The van der Waals surface area contributed by atoms with Gasteiger partial charge in [-0.15, -0.1) is 11.6 Å². The first-order valence-corrected chi connectivity index (χ1v) is 8.50. The summed E-state index contributed by atoms with van der Waals surface area (Å²) in [5.41, 5.74) is 1.11. The average molecular weight is 322 g/mol. The van der Waals surface area contributed by atoms with E-state index in [1.165, 1.54) is 0 Å². The van der Waals surface area contributed by atoms with Crippen LogP contribution in [0.25, 0.3) is 0 Å². The Bertz CT molecular complexity index is 489. The van der Waals surface area contributed by atoms with Crippen LogP contribution in [0.3, 0.4) is 0 Å². The third-order valence-electron chi connectivity index (χ3n) is 4.00. The Kier molecular flexibility index (Phi) is 6.94. The standard InChI is InChI=1S/C18H24ClNO2/c19-12-4-5-13-20-16(9-11-18(20)22)8-10-17(21)14-15-6-2-1-3-7-15/h1-3,6-8,10,16-17,21H,4-5,9,11-14H2/t16-,17?/m0/s1. The molecule has 0 radical (unpaired) electrons. The fraction of sp³-hybridized carbons (Fsp3) is 0.500. The zero-order valence-corrected chi connectivity index (χ0v) is 13.6. The highest BCUT2D eigenvalue weighted by Crippen LogP contribution is 2.21. The van der Waals surface area contributed by atoms with Crippen LogP contribution in [-0.2, 0) is 11.2 Å². The summed E-state index contributed by atoms with van der Waals surface area (Å²) in [6.07, 6.45) is 7.21. The molecule has 1 N–H and O–H groups in total. The van der Waals surface area contributed by atoms with Gasteiger partial charge in [-0.05, 0) is 24.8 Å². The van der Waals surface area contributed by atoms with E-state index in [-0.39, 0.29) is 11.9 Å². The maximum Gasteiger partial charge on any atom is 0.223 e. The summed E-state index contributed by atoms with van der Waals surface area (Å²) in [5.74, 6) is 0.847. The van der Waals surface area contributed by atoms with Gasteiger partial charge in [-0.2, -0.15) is 0 Å². The number of rotatable bonds is 8. The van der Waals surface area contributed by atoms with Gasteiger partial charge in [-0.1, -0.05) is 42.5 Å². The van der Waals surface area contributed by atoms with Gasteiger partial charge < -0.3 is 10.0 Å². The van der Waals surface area contributed by atoms with Gasteiger partial charge in [0, 0.05) is 25.3 Å². The van der Waals surface area contributed by atoms with E-state index in [0.29, 0.717) is 18.7 Å². The van der Waals surface area contributed by atoms with Crippen LogP contribution in [-0.4, -0.2) is 40.5 Å². The van der Waals surface area contributed by atoms with Crippen LogP contribution >= 0.6 is 11.6 Å². The van der Waals surface area contributed by atoms with Gasteiger partial charge in [0.05, 0.1) is 12.1 Å². The minimum Gasteiger partial charge on any atom is -0.389 e. The molecule has 1 aliphatic heterocycles. The normalized spacial score (nSPS) is 20.0. The molecule has 1 heterocycles. The highest BCUT2D eigenvalue weighted by atomic mass is 35.5. The number of carbonyl (C=O) groups is 1. The summed E-state index contributed by atoms with van der Waals surface area (Å²) in [5, 5.41) is 10.1. The Balaban J connectivity index is 1.86. The Morgan fingerprint density at radius 2 is 2.09 bits per heavy atom. The molecule has 1 aromatic rings. The van der Waals surface area contributed by atoms with Crippen molar-refractivity contribution in [1.29, 1.82) is 0 Å². The Morgan fingerprint density at radius 3 is 2.82 bits per heavy atom. The molecule has 1 fully saturated rings. The van der Waals surface area contributed by atoms with Crippen LogP contribution in [0, 0.1) is 0 Å². The Morgan fingerprint density at radius 1 is 1.32 bits per heavy atom. The second kappa shape index (κ2) is 8.96. The summed E-state index contributed by atoms with van der Waals surface area (Å²) in [4.78, 5) is 13.8. The fourth-order valence-electron chi connectivity index (χ4n) is 2.80. The molecule has 2 rings (SSSR count). The number of unbranched alkanes of at least 4 members (excludes halogenated alkanes) is 1. The predicted molar refractivity (Wildman–Crippen MR) is 90.0 cm³/mol. The fourth-order valence-corrected chi connectivity index (χ4v) is 2.99. The molecule has 3 nitrogen and oxygen atoms in total. The molecule has 0 saturated carbocycles. The maximum atomic E-state index is 11.9. The third kappa shape index (κ3) is 5.15. The van der Waals surface area contributed by atoms with Crippen LogP contribution in [0.15, 0.2) is 42.5 Å². The zero-order chi connectivity index (χ0) is 15.8. The van der Waals surface area contributed by atoms with E-state index in [4.69, 9.17) is 11.6 Å². The molecule has 1 saturated heterocycles. The molecule has 1 amide bonds. The molecule has 0 aromatic heterocycles. The van der Waals surface area contributed by atoms with Crippen LogP contribution in [0.2, 0.25) is 0 Å². The van der Waals surface area contributed by atoms with E-state index in [1.807, 2.05) is 47.4 Å². The number of carbonyl (C=O) groups excluding carboxylic acids is 1. The van der Waals surface area contributed by atoms with Crippen molar-refractivity contribution in [3.8, 4) is 0 Å². The van der Waals surface area contributed by atoms with Crippen molar-refractivity contribution < 1.29 is 9.90 Å². The first-order chi connectivity index (χ1) is 10.7. The average Bonchev–Trinajstić information content (AvgIpc) is 2.87. The van der Waals surface area contributed by atoms with E-state index in [0.717, 1.165) is 31.4 Å². The number of aliphatic hydroxyl groups excluding tert-OH is 1. The highest BCUT2D eigenvalue weighted by molar-refractivity contribution is 6.17. The maximum absolute atomic E-state index is 11.9. The molecule has 0 spiro atoms. The Labute approximate surface area is 137 Å². The minimum absolute atomic E-state index is 0.119. The molecular weight excluding hydrogens is 298 g/mol. The lowest BCUT2D eigenvalue weighted by atomic mass is 10.1. The molecule has 120 valence electrons. The summed E-state index contributed by atoms with van der Waals surface area (Å²) in [6, 6.07) is 10.0. The number of hydrogen-bond acceptors (Lipinski definition) is 2. The number of likely N-dealkylation sites (tertiary alicyclic amines) is 1. The second-order valence-electron chi connectivity index (χ2n) is 5.73. The van der Waals surface area contributed by atoms with Crippen molar-refractivity contribution in [3.63, 3.8) is 0 Å². The van der Waals surface area contributed by atoms with E-state index >= 15 is 0 Å². The van der Waals surface area contributed by atoms with Gasteiger partial charge in [0.15, 0.2) is 0 Å². The number of aliphatic hydroxyl groups is 1.